The van der Waals surface area contributed by atoms with E-state index in [2.05, 4.69) is 51.3 Å². The van der Waals surface area contributed by atoms with Crippen molar-refractivity contribution in [2.75, 3.05) is 24.5 Å². The third-order valence-electron chi connectivity index (χ3n) is 4.00. The predicted molar refractivity (Wildman–Crippen MR) is 80.2 cm³/mol. The monoisotopic (exact) mass is 308 g/mol. The number of nitrogens with one attached hydrogen (secondary N) is 1. The van der Waals surface area contributed by atoms with Crippen LogP contribution in [0.25, 0.3) is 0 Å². The third kappa shape index (κ3) is 2.89. The van der Waals surface area contributed by atoms with Crippen LogP contribution in [0.5, 0.6) is 0 Å². The van der Waals surface area contributed by atoms with Gasteiger partial charge < -0.3 is 10.2 Å². The molecule has 0 bridgehead atoms. The Labute approximate surface area is 118 Å². The van der Waals surface area contributed by atoms with Gasteiger partial charge in [-0.05, 0) is 72.3 Å². The Kier molecular flexibility index (Phi) is 3.62. The first-order chi connectivity index (χ1) is 8.72. The lowest BCUT2D eigenvalue weighted by Crippen LogP contribution is -2.27. The number of rotatable bonds is 4. The van der Waals surface area contributed by atoms with Crippen molar-refractivity contribution in [3.63, 3.8) is 0 Å². The molecule has 2 fully saturated rings. The molecule has 3 heteroatoms. The molecule has 1 heterocycles. The second-order valence-electron chi connectivity index (χ2n) is 5.74. The molecule has 1 saturated heterocycles. The molecule has 18 heavy (non-hydrogen) atoms. The largest absolute Gasteiger partial charge is 0.370 e. The van der Waals surface area contributed by atoms with E-state index in [0.29, 0.717) is 0 Å². The van der Waals surface area contributed by atoms with Crippen molar-refractivity contribution in [2.45, 2.75) is 32.2 Å². The van der Waals surface area contributed by atoms with Gasteiger partial charge in [0.1, 0.15) is 0 Å². The van der Waals surface area contributed by atoms with E-state index in [9.17, 15) is 0 Å². The van der Waals surface area contributed by atoms with Crippen molar-refractivity contribution in [1.82, 2.24) is 5.32 Å². The summed E-state index contributed by atoms with van der Waals surface area (Å²) in [7, 11) is 0. The summed E-state index contributed by atoms with van der Waals surface area (Å²) >= 11 is 3.69. The molecule has 1 unspecified atom stereocenters. The molecular weight excluding hydrogens is 288 g/mol. The van der Waals surface area contributed by atoms with Crippen LogP contribution in [0.1, 0.15) is 24.8 Å². The Morgan fingerprint density at radius 1 is 1.33 bits per heavy atom. The zero-order valence-electron chi connectivity index (χ0n) is 11.0. The van der Waals surface area contributed by atoms with Crippen LogP contribution in [0, 0.1) is 12.8 Å². The zero-order chi connectivity index (χ0) is 12.5. The maximum Gasteiger partial charge on any atom is 0.0510 e. The third-order valence-corrected chi connectivity index (χ3v) is 4.64. The number of aryl methyl sites for hydroxylation is 1. The van der Waals surface area contributed by atoms with Crippen LogP contribution in [-0.2, 0) is 0 Å². The summed E-state index contributed by atoms with van der Waals surface area (Å²) in [4.78, 5) is 2.52. The topological polar surface area (TPSA) is 15.3 Å². The number of benzene rings is 1. The van der Waals surface area contributed by atoms with Gasteiger partial charge in [-0.2, -0.15) is 0 Å². The SMILES string of the molecule is Cc1ccc(N2CCC(CNC3CC3)C2)c(Br)c1. The Morgan fingerprint density at radius 2 is 2.17 bits per heavy atom. The Balaban J connectivity index is 1.59. The molecule has 1 aromatic rings. The van der Waals surface area contributed by atoms with Gasteiger partial charge in [-0.1, -0.05) is 6.07 Å². The normalized spacial score (nSPS) is 23.7. The number of nitrogens with zero attached hydrogens (tertiary/aromatic N) is 1. The summed E-state index contributed by atoms with van der Waals surface area (Å²) in [5, 5.41) is 3.66. The second kappa shape index (κ2) is 5.22. The minimum absolute atomic E-state index is 0.818. The summed E-state index contributed by atoms with van der Waals surface area (Å²) in [6, 6.07) is 7.50. The van der Waals surface area contributed by atoms with Crippen molar-refractivity contribution in [3.8, 4) is 0 Å². The van der Waals surface area contributed by atoms with Gasteiger partial charge >= 0.3 is 0 Å². The van der Waals surface area contributed by atoms with E-state index in [4.69, 9.17) is 0 Å². The van der Waals surface area contributed by atoms with Crippen LogP contribution in [-0.4, -0.2) is 25.7 Å². The van der Waals surface area contributed by atoms with Crippen LogP contribution >= 0.6 is 15.9 Å². The zero-order valence-corrected chi connectivity index (χ0v) is 12.5. The smallest absolute Gasteiger partial charge is 0.0510 e. The van der Waals surface area contributed by atoms with E-state index in [1.54, 1.807) is 0 Å². The summed E-state index contributed by atoms with van der Waals surface area (Å²) < 4.78 is 1.23. The molecule has 2 aliphatic rings. The molecule has 0 radical (unpaired) electrons. The minimum Gasteiger partial charge on any atom is -0.370 e. The fourth-order valence-electron chi connectivity index (χ4n) is 2.71. The van der Waals surface area contributed by atoms with Crippen molar-refractivity contribution < 1.29 is 0 Å². The summed E-state index contributed by atoms with van der Waals surface area (Å²) in [6.07, 6.45) is 4.10. The Morgan fingerprint density at radius 3 is 2.89 bits per heavy atom. The Hall–Kier alpha value is -0.540. The van der Waals surface area contributed by atoms with E-state index in [1.165, 1.54) is 54.6 Å². The standard InChI is InChI=1S/C15H21BrN2/c1-11-2-5-15(14(16)8-11)18-7-6-12(10-18)9-17-13-3-4-13/h2,5,8,12-13,17H,3-4,6-7,9-10H2,1H3. The quantitative estimate of drug-likeness (QED) is 0.918. The van der Waals surface area contributed by atoms with Crippen LogP contribution in [0.3, 0.4) is 0 Å². The highest BCUT2D eigenvalue weighted by Crippen LogP contribution is 2.31. The lowest BCUT2D eigenvalue weighted by Gasteiger charge is -2.20. The van der Waals surface area contributed by atoms with Crippen LogP contribution in [0.4, 0.5) is 5.69 Å². The fraction of sp³-hybridized carbons (Fsp3) is 0.600. The van der Waals surface area contributed by atoms with E-state index < -0.39 is 0 Å². The maximum absolute atomic E-state index is 3.69. The molecular formula is C15H21BrN2. The van der Waals surface area contributed by atoms with Crippen molar-refractivity contribution in [3.05, 3.63) is 28.2 Å². The molecule has 1 aliphatic carbocycles. The van der Waals surface area contributed by atoms with Crippen LogP contribution in [0.15, 0.2) is 22.7 Å². The second-order valence-corrected chi connectivity index (χ2v) is 6.59. The molecule has 1 aliphatic heterocycles. The van der Waals surface area contributed by atoms with Crippen LogP contribution < -0.4 is 10.2 Å². The van der Waals surface area contributed by atoms with Gasteiger partial charge in [0.25, 0.3) is 0 Å². The number of hydrogen-bond donors (Lipinski definition) is 1. The first-order valence-electron chi connectivity index (χ1n) is 6.97. The maximum atomic E-state index is 3.69. The van der Waals surface area contributed by atoms with E-state index in [0.717, 1.165) is 12.0 Å². The molecule has 1 atom stereocenters. The molecule has 0 amide bonds. The summed E-state index contributed by atoms with van der Waals surface area (Å²) in [5.41, 5.74) is 2.67. The highest BCUT2D eigenvalue weighted by atomic mass is 79.9. The predicted octanol–water partition coefficient (Wildman–Crippen LogP) is 3.34. The average molecular weight is 309 g/mol. The molecule has 2 nitrogen and oxygen atoms in total. The average Bonchev–Trinajstić information content (AvgIpc) is 3.05. The van der Waals surface area contributed by atoms with Gasteiger partial charge in [0.05, 0.1) is 5.69 Å². The van der Waals surface area contributed by atoms with Gasteiger partial charge in [-0.3, -0.25) is 0 Å². The van der Waals surface area contributed by atoms with E-state index in [-0.39, 0.29) is 0 Å². The Bertz CT molecular complexity index is 429. The van der Waals surface area contributed by atoms with E-state index in [1.807, 2.05) is 0 Å². The molecule has 1 N–H and O–H groups in total. The van der Waals surface area contributed by atoms with Crippen LogP contribution in [0.2, 0.25) is 0 Å². The van der Waals surface area contributed by atoms with Gasteiger partial charge in [0.15, 0.2) is 0 Å². The lowest BCUT2D eigenvalue weighted by atomic mass is 10.1. The molecule has 1 aromatic carbocycles. The molecule has 0 spiro atoms. The first kappa shape index (κ1) is 12.5. The van der Waals surface area contributed by atoms with Gasteiger partial charge in [0.2, 0.25) is 0 Å². The van der Waals surface area contributed by atoms with Gasteiger partial charge in [0, 0.05) is 23.6 Å². The minimum atomic E-state index is 0.818. The molecule has 1 saturated carbocycles. The number of anilines is 1. The van der Waals surface area contributed by atoms with E-state index >= 15 is 0 Å². The molecule has 0 aromatic heterocycles. The number of hydrogen-bond acceptors (Lipinski definition) is 2. The van der Waals surface area contributed by atoms with Gasteiger partial charge in [-0.15, -0.1) is 0 Å². The highest BCUT2D eigenvalue weighted by molar-refractivity contribution is 9.10. The summed E-state index contributed by atoms with van der Waals surface area (Å²) in [5.74, 6) is 0.818. The lowest BCUT2D eigenvalue weighted by molar-refractivity contribution is 0.515. The van der Waals surface area contributed by atoms with Crippen molar-refractivity contribution in [1.29, 1.82) is 0 Å². The van der Waals surface area contributed by atoms with Crippen molar-refractivity contribution in [2.24, 2.45) is 5.92 Å². The highest BCUT2D eigenvalue weighted by Gasteiger charge is 2.26. The fourth-order valence-corrected chi connectivity index (χ4v) is 3.45. The molecule has 98 valence electrons. The number of halogens is 1. The first-order valence-corrected chi connectivity index (χ1v) is 7.76. The summed E-state index contributed by atoms with van der Waals surface area (Å²) in [6.45, 7) is 5.73. The van der Waals surface area contributed by atoms with Crippen molar-refractivity contribution >= 4 is 21.6 Å². The van der Waals surface area contributed by atoms with Gasteiger partial charge in [-0.25, -0.2) is 0 Å². The molecule has 3 rings (SSSR count).